The van der Waals surface area contributed by atoms with Crippen molar-refractivity contribution < 1.29 is 4.79 Å². The maximum absolute atomic E-state index is 11.4. The van der Waals surface area contributed by atoms with Gasteiger partial charge >= 0.3 is 0 Å². The Balaban J connectivity index is 2.33. The van der Waals surface area contributed by atoms with Crippen LogP contribution in [0.3, 0.4) is 0 Å². The molecule has 0 aliphatic heterocycles. The van der Waals surface area contributed by atoms with Gasteiger partial charge in [0.1, 0.15) is 0 Å². The third-order valence-electron chi connectivity index (χ3n) is 2.43. The number of carbonyl (C=O) groups excluding carboxylic acids is 1. The average molecular weight is 299 g/mol. The Kier molecular flexibility index (Phi) is 6.05. The summed E-state index contributed by atoms with van der Waals surface area (Å²) in [6.45, 7) is 5.52. The van der Waals surface area contributed by atoms with Gasteiger partial charge in [0.2, 0.25) is 5.91 Å². The van der Waals surface area contributed by atoms with Crippen LogP contribution in [-0.2, 0) is 4.79 Å². The summed E-state index contributed by atoms with van der Waals surface area (Å²) in [7, 11) is 0. The molecule has 94 valence electrons. The molecule has 3 nitrogen and oxygen atoms in total. The number of benzene rings is 1. The van der Waals surface area contributed by atoms with E-state index in [1.807, 2.05) is 26.0 Å². The van der Waals surface area contributed by atoms with Crippen molar-refractivity contribution in [3.63, 3.8) is 0 Å². The van der Waals surface area contributed by atoms with Gasteiger partial charge in [0.05, 0.1) is 0 Å². The van der Waals surface area contributed by atoms with E-state index >= 15 is 0 Å². The molecule has 17 heavy (non-hydrogen) atoms. The lowest BCUT2D eigenvalue weighted by Gasteiger charge is -2.09. The predicted octanol–water partition coefficient (Wildman–Crippen LogP) is 3.09. The molecule has 0 aromatic heterocycles. The zero-order chi connectivity index (χ0) is 12.7. The van der Waals surface area contributed by atoms with Crippen molar-refractivity contribution in [2.24, 2.45) is 0 Å². The van der Waals surface area contributed by atoms with Crippen LogP contribution in [0.1, 0.15) is 25.3 Å². The monoisotopic (exact) mass is 298 g/mol. The highest BCUT2D eigenvalue weighted by atomic mass is 79.9. The minimum atomic E-state index is 0.106. The van der Waals surface area contributed by atoms with E-state index in [0.717, 1.165) is 23.1 Å². The van der Waals surface area contributed by atoms with E-state index < -0.39 is 0 Å². The van der Waals surface area contributed by atoms with Gasteiger partial charge in [-0.05, 0) is 37.1 Å². The molecule has 0 bridgehead atoms. The second kappa shape index (κ2) is 7.33. The SMILES string of the molecule is CCCNC(=O)CCNc1ccc(Br)cc1C. The van der Waals surface area contributed by atoms with Crippen LogP contribution in [-0.4, -0.2) is 19.0 Å². The van der Waals surface area contributed by atoms with Gasteiger partial charge in [-0.2, -0.15) is 0 Å². The fraction of sp³-hybridized carbons (Fsp3) is 0.462. The van der Waals surface area contributed by atoms with Crippen LogP contribution in [0.5, 0.6) is 0 Å². The normalized spacial score (nSPS) is 10.1. The summed E-state index contributed by atoms with van der Waals surface area (Å²) in [6.07, 6.45) is 1.49. The minimum Gasteiger partial charge on any atom is -0.384 e. The Morgan fingerprint density at radius 1 is 1.35 bits per heavy atom. The van der Waals surface area contributed by atoms with Crippen LogP contribution in [0.2, 0.25) is 0 Å². The second-order valence-electron chi connectivity index (χ2n) is 3.99. The van der Waals surface area contributed by atoms with Crippen molar-refractivity contribution >= 4 is 27.5 Å². The predicted molar refractivity (Wildman–Crippen MR) is 75.3 cm³/mol. The smallest absolute Gasteiger partial charge is 0.221 e. The molecule has 0 saturated carbocycles. The molecule has 0 unspecified atom stereocenters. The molecule has 4 heteroatoms. The van der Waals surface area contributed by atoms with Gasteiger partial charge in [0.25, 0.3) is 0 Å². The summed E-state index contributed by atoms with van der Waals surface area (Å²) in [4.78, 5) is 11.4. The van der Waals surface area contributed by atoms with Crippen LogP contribution >= 0.6 is 15.9 Å². The lowest BCUT2D eigenvalue weighted by molar-refractivity contribution is -0.120. The maximum Gasteiger partial charge on any atom is 0.221 e. The molecule has 1 aromatic carbocycles. The molecule has 0 atom stereocenters. The zero-order valence-electron chi connectivity index (χ0n) is 10.3. The van der Waals surface area contributed by atoms with Gasteiger partial charge in [-0.1, -0.05) is 22.9 Å². The van der Waals surface area contributed by atoms with Gasteiger partial charge in [-0.15, -0.1) is 0 Å². The van der Waals surface area contributed by atoms with E-state index in [2.05, 4.69) is 32.6 Å². The molecule has 2 N–H and O–H groups in total. The highest BCUT2D eigenvalue weighted by molar-refractivity contribution is 9.10. The number of nitrogens with one attached hydrogen (secondary N) is 2. The first kappa shape index (κ1) is 14.0. The number of rotatable bonds is 6. The van der Waals surface area contributed by atoms with Crippen LogP contribution in [0.15, 0.2) is 22.7 Å². The third-order valence-corrected chi connectivity index (χ3v) is 2.92. The first-order chi connectivity index (χ1) is 8.13. The largest absolute Gasteiger partial charge is 0.384 e. The highest BCUT2D eigenvalue weighted by Gasteiger charge is 2.01. The number of carbonyl (C=O) groups is 1. The second-order valence-corrected chi connectivity index (χ2v) is 4.90. The zero-order valence-corrected chi connectivity index (χ0v) is 11.9. The van der Waals surface area contributed by atoms with Crippen LogP contribution in [0.4, 0.5) is 5.69 Å². The fourth-order valence-electron chi connectivity index (χ4n) is 1.49. The number of halogens is 1. The van der Waals surface area contributed by atoms with Crippen molar-refractivity contribution in [1.29, 1.82) is 0 Å². The lowest BCUT2D eigenvalue weighted by atomic mass is 10.2. The van der Waals surface area contributed by atoms with Gasteiger partial charge < -0.3 is 10.6 Å². The molecule has 1 aromatic rings. The average Bonchev–Trinajstić information content (AvgIpc) is 2.29. The maximum atomic E-state index is 11.4. The van der Waals surface area contributed by atoms with E-state index in [4.69, 9.17) is 0 Å². The number of amides is 1. The summed E-state index contributed by atoms with van der Waals surface area (Å²) in [5.74, 6) is 0.106. The number of hydrogen-bond donors (Lipinski definition) is 2. The third kappa shape index (κ3) is 5.22. The minimum absolute atomic E-state index is 0.106. The molecule has 0 spiro atoms. The summed E-state index contributed by atoms with van der Waals surface area (Å²) < 4.78 is 1.07. The van der Waals surface area contributed by atoms with Gasteiger partial charge in [0.15, 0.2) is 0 Å². The lowest BCUT2D eigenvalue weighted by Crippen LogP contribution is -2.25. The Hall–Kier alpha value is -1.03. The summed E-state index contributed by atoms with van der Waals surface area (Å²) >= 11 is 3.42. The fourth-order valence-corrected chi connectivity index (χ4v) is 1.96. The van der Waals surface area contributed by atoms with Crippen molar-refractivity contribution in [2.45, 2.75) is 26.7 Å². The van der Waals surface area contributed by atoms with E-state index in [0.29, 0.717) is 13.0 Å². The number of anilines is 1. The number of hydrogen-bond acceptors (Lipinski definition) is 2. The number of aryl methyl sites for hydroxylation is 1. The van der Waals surface area contributed by atoms with Crippen LogP contribution in [0, 0.1) is 6.92 Å². The molecule has 0 radical (unpaired) electrons. The van der Waals surface area contributed by atoms with Gasteiger partial charge in [-0.3, -0.25) is 4.79 Å². The van der Waals surface area contributed by atoms with E-state index in [1.165, 1.54) is 5.56 Å². The Morgan fingerprint density at radius 2 is 2.12 bits per heavy atom. The van der Waals surface area contributed by atoms with E-state index in [-0.39, 0.29) is 5.91 Å². The van der Waals surface area contributed by atoms with E-state index in [9.17, 15) is 4.79 Å². The topological polar surface area (TPSA) is 41.1 Å². The molecule has 0 heterocycles. The quantitative estimate of drug-likeness (QED) is 0.847. The molecular formula is C13H19BrN2O. The molecule has 1 rings (SSSR count). The van der Waals surface area contributed by atoms with Crippen molar-refractivity contribution in [3.05, 3.63) is 28.2 Å². The van der Waals surface area contributed by atoms with E-state index in [1.54, 1.807) is 0 Å². The Morgan fingerprint density at radius 3 is 2.76 bits per heavy atom. The molecule has 0 aliphatic rings. The summed E-state index contributed by atoms with van der Waals surface area (Å²) in [6, 6.07) is 6.06. The van der Waals surface area contributed by atoms with Crippen molar-refractivity contribution in [2.75, 3.05) is 18.4 Å². The summed E-state index contributed by atoms with van der Waals surface area (Å²) in [5.41, 5.74) is 2.25. The van der Waals surface area contributed by atoms with Crippen LogP contribution < -0.4 is 10.6 Å². The summed E-state index contributed by atoms with van der Waals surface area (Å²) in [5, 5.41) is 6.12. The van der Waals surface area contributed by atoms with Gasteiger partial charge in [0, 0.05) is 29.7 Å². The standard InChI is InChI=1S/C13H19BrN2O/c1-3-7-16-13(17)6-8-15-12-5-4-11(14)9-10(12)2/h4-5,9,15H,3,6-8H2,1-2H3,(H,16,17). The Labute approximate surface area is 111 Å². The van der Waals surface area contributed by atoms with Gasteiger partial charge in [-0.25, -0.2) is 0 Å². The highest BCUT2D eigenvalue weighted by Crippen LogP contribution is 2.19. The molecule has 0 aliphatic carbocycles. The molecular weight excluding hydrogens is 280 g/mol. The first-order valence-corrected chi connectivity index (χ1v) is 6.69. The van der Waals surface area contributed by atoms with Crippen molar-refractivity contribution in [3.8, 4) is 0 Å². The molecule has 0 fully saturated rings. The Bertz CT molecular complexity index is 380. The van der Waals surface area contributed by atoms with Crippen LogP contribution in [0.25, 0.3) is 0 Å². The molecule has 1 amide bonds. The first-order valence-electron chi connectivity index (χ1n) is 5.90. The molecule has 0 saturated heterocycles. The van der Waals surface area contributed by atoms with Crippen molar-refractivity contribution in [1.82, 2.24) is 5.32 Å².